The third-order valence-electron chi connectivity index (χ3n) is 5.55. The van der Waals surface area contributed by atoms with Crippen molar-refractivity contribution in [3.8, 4) is 11.3 Å². The molecule has 0 aliphatic carbocycles. The Labute approximate surface area is 195 Å². The average molecular weight is 479 g/mol. The maximum atomic E-state index is 13.3. The van der Waals surface area contributed by atoms with Crippen LogP contribution in [-0.2, 0) is 32.5 Å². The summed E-state index contributed by atoms with van der Waals surface area (Å²) in [5, 5.41) is 7.22. The number of nitrogens with one attached hydrogen (secondary N) is 1. The molecule has 3 aromatic rings. The number of nitrogens with zero attached hydrogens (tertiary/aromatic N) is 2. The van der Waals surface area contributed by atoms with E-state index in [9.17, 15) is 18.0 Å². The number of aromatic nitrogens is 2. The minimum atomic E-state index is -4.46. The molecule has 0 aliphatic rings. The quantitative estimate of drug-likeness (QED) is 0.456. The summed E-state index contributed by atoms with van der Waals surface area (Å²) >= 11 is 1.39. The fourth-order valence-electron chi connectivity index (χ4n) is 3.98. The summed E-state index contributed by atoms with van der Waals surface area (Å²) in [5.74, 6) is -0.333. The number of carbonyl (C=O) groups is 1. The van der Waals surface area contributed by atoms with E-state index in [4.69, 9.17) is 5.73 Å². The third-order valence-corrected chi connectivity index (χ3v) is 6.83. The van der Waals surface area contributed by atoms with Gasteiger partial charge in [0, 0.05) is 30.1 Å². The maximum absolute atomic E-state index is 13.3. The number of nitrogens with two attached hydrogens (primary N) is 1. The summed E-state index contributed by atoms with van der Waals surface area (Å²) < 4.78 is 41.9. The monoisotopic (exact) mass is 478 g/mol. The zero-order valence-corrected chi connectivity index (χ0v) is 19.8. The van der Waals surface area contributed by atoms with Crippen LogP contribution in [0.2, 0.25) is 0 Å². The van der Waals surface area contributed by atoms with E-state index in [0.29, 0.717) is 4.88 Å². The second kappa shape index (κ2) is 10.5. The number of aryl methyl sites for hydroxylation is 3. The van der Waals surface area contributed by atoms with E-state index in [1.807, 2.05) is 30.9 Å². The van der Waals surface area contributed by atoms with Crippen LogP contribution >= 0.6 is 11.3 Å². The van der Waals surface area contributed by atoms with Crippen molar-refractivity contribution in [2.75, 3.05) is 6.54 Å². The fourth-order valence-corrected chi connectivity index (χ4v) is 4.98. The summed E-state index contributed by atoms with van der Waals surface area (Å²) in [6.07, 6.45) is 0.0191. The molecular formula is C24H29F3N4OS. The van der Waals surface area contributed by atoms with E-state index in [2.05, 4.69) is 17.3 Å². The summed E-state index contributed by atoms with van der Waals surface area (Å²) in [6.45, 7) is 4.16. The van der Waals surface area contributed by atoms with Gasteiger partial charge in [-0.2, -0.15) is 18.3 Å². The number of carbonyl (C=O) groups excluding carboxylic acids is 1. The minimum Gasteiger partial charge on any atom is -0.347 e. The van der Waals surface area contributed by atoms with E-state index < -0.39 is 17.8 Å². The zero-order valence-electron chi connectivity index (χ0n) is 19.0. The summed E-state index contributed by atoms with van der Waals surface area (Å²) in [7, 11) is 1.88. The molecule has 1 aromatic carbocycles. The predicted molar refractivity (Wildman–Crippen MR) is 125 cm³/mol. The molecule has 1 amide bonds. The molecule has 0 aliphatic heterocycles. The second-order valence-corrected chi connectivity index (χ2v) is 9.09. The first-order chi connectivity index (χ1) is 15.7. The van der Waals surface area contributed by atoms with Gasteiger partial charge in [-0.1, -0.05) is 38.5 Å². The molecule has 5 nitrogen and oxygen atoms in total. The van der Waals surface area contributed by atoms with Gasteiger partial charge in [-0.05, 0) is 42.5 Å². The van der Waals surface area contributed by atoms with Crippen molar-refractivity contribution in [1.82, 2.24) is 15.1 Å². The Morgan fingerprint density at radius 1 is 1.24 bits per heavy atom. The van der Waals surface area contributed by atoms with Gasteiger partial charge in [-0.3, -0.25) is 9.48 Å². The van der Waals surface area contributed by atoms with Crippen LogP contribution < -0.4 is 11.1 Å². The highest BCUT2D eigenvalue weighted by molar-refractivity contribution is 7.14. The van der Waals surface area contributed by atoms with Gasteiger partial charge in [-0.25, -0.2) is 0 Å². The number of amides is 1. The van der Waals surface area contributed by atoms with Crippen molar-refractivity contribution in [2.45, 2.75) is 51.7 Å². The van der Waals surface area contributed by atoms with E-state index in [0.717, 1.165) is 47.0 Å². The normalized spacial score (nSPS) is 12.7. The summed E-state index contributed by atoms with van der Waals surface area (Å²) in [4.78, 5) is 14.6. The smallest absolute Gasteiger partial charge is 0.347 e. The van der Waals surface area contributed by atoms with Crippen molar-refractivity contribution in [1.29, 1.82) is 0 Å². The number of rotatable bonds is 9. The molecule has 0 saturated heterocycles. The molecule has 2 heterocycles. The fraction of sp³-hybridized carbons (Fsp3) is 0.417. The number of thiophene rings is 1. The zero-order chi connectivity index (χ0) is 24.2. The van der Waals surface area contributed by atoms with Crippen LogP contribution in [0, 0.1) is 0 Å². The van der Waals surface area contributed by atoms with Crippen LogP contribution in [0.5, 0.6) is 0 Å². The van der Waals surface area contributed by atoms with Crippen molar-refractivity contribution >= 4 is 17.2 Å². The number of alkyl halides is 3. The lowest BCUT2D eigenvalue weighted by molar-refractivity contribution is -0.138. The van der Waals surface area contributed by atoms with Gasteiger partial charge in [0.2, 0.25) is 0 Å². The summed E-state index contributed by atoms with van der Waals surface area (Å²) in [6, 6.07) is 6.61. The van der Waals surface area contributed by atoms with Gasteiger partial charge in [-0.15, -0.1) is 11.3 Å². The SMILES string of the molecule is CCCc1cnn(C)c1-c1cc(C(=O)N[C@H](CN)Cc2ccccc2C(F)(F)F)sc1CC. The first-order valence-electron chi connectivity index (χ1n) is 11.0. The molecule has 0 bridgehead atoms. The molecule has 9 heteroatoms. The molecule has 178 valence electrons. The van der Waals surface area contributed by atoms with Gasteiger partial charge >= 0.3 is 6.18 Å². The Morgan fingerprint density at radius 2 is 1.97 bits per heavy atom. The van der Waals surface area contributed by atoms with E-state index >= 15 is 0 Å². The van der Waals surface area contributed by atoms with E-state index in [-0.39, 0.29) is 24.4 Å². The molecule has 0 radical (unpaired) electrons. The minimum absolute atomic E-state index is 0.000824. The van der Waals surface area contributed by atoms with Gasteiger partial charge in [0.05, 0.1) is 22.3 Å². The molecule has 0 unspecified atom stereocenters. The van der Waals surface area contributed by atoms with Gasteiger partial charge in [0.25, 0.3) is 5.91 Å². The standard InChI is InChI=1S/C24H29F3N4OS/c1-4-8-16-14-29-31(3)22(16)18-12-21(33-20(18)5-2)23(32)30-17(13-28)11-15-9-6-7-10-19(15)24(25,26)27/h6-7,9-10,12,14,17H,4-5,8,11,13,28H2,1-3H3,(H,30,32)/t17-/m0/s1. The molecule has 2 aromatic heterocycles. The largest absolute Gasteiger partial charge is 0.416 e. The summed E-state index contributed by atoms with van der Waals surface area (Å²) in [5.41, 5.74) is 8.32. The molecule has 33 heavy (non-hydrogen) atoms. The topological polar surface area (TPSA) is 72.9 Å². The number of halogens is 3. The molecule has 0 fully saturated rings. The highest BCUT2D eigenvalue weighted by Crippen LogP contribution is 2.35. The Bertz CT molecular complexity index is 1100. The van der Waals surface area contributed by atoms with E-state index in [1.54, 1.807) is 6.07 Å². The van der Waals surface area contributed by atoms with Gasteiger partial charge in [0.15, 0.2) is 0 Å². The Balaban J connectivity index is 1.84. The lowest BCUT2D eigenvalue weighted by Gasteiger charge is -2.19. The molecule has 0 spiro atoms. The van der Waals surface area contributed by atoms with Crippen molar-refractivity contribution in [3.63, 3.8) is 0 Å². The van der Waals surface area contributed by atoms with Gasteiger partial charge in [0.1, 0.15) is 0 Å². The Hall–Kier alpha value is -2.65. The molecule has 3 rings (SSSR count). The molecule has 1 atom stereocenters. The molecule has 3 N–H and O–H groups in total. The highest BCUT2D eigenvalue weighted by Gasteiger charge is 2.33. The number of hydrogen-bond acceptors (Lipinski definition) is 4. The van der Waals surface area contributed by atoms with Crippen molar-refractivity contribution < 1.29 is 18.0 Å². The first-order valence-corrected chi connectivity index (χ1v) is 11.8. The second-order valence-electron chi connectivity index (χ2n) is 7.96. The molecule has 0 saturated carbocycles. The van der Waals surface area contributed by atoms with Crippen LogP contribution in [0.25, 0.3) is 11.3 Å². The lowest BCUT2D eigenvalue weighted by atomic mass is 9.99. The van der Waals surface area contributed by atoms with Crippen LogP contribution in [0.3, 0.4) is 0 Å². The van der Waals surface area contributed by atoms with Crippen LogP contribution in [0.4, 0.5) is 13.2 Å². The Morgan fingerprint density at radius 3 is 2.61 bits per heavy atom. The Kier molecular flexibility index (Phi) is 7.97. The maximum Gasteiger partial charge on any atom is 0.416 e. The molecular weight excluding hydrogens is 449 g/mol. The van der Waals surface area contributed by atoms with Crippen LogP contribution in [0.15, 0.2) is 36.5 Å². The lowest BCUT2D eigenvalue weighted by Crippen LogP contribution is -2.41. The van der Waals surface area contributed by atoms with E-state index in [1.165, 1.54) is 23.5 Å². The first kappa shape index (κ1) is 25.0. The van der Waals surface area contributed by atoms with Gasteiger partial charge < -0.3 is 11.1 Å². The average Bonchev–Trinajstić information content (AvgIpc) is 3.36. The predicted octanol–water partition coefficient (Wildman–Crippen LogP) is 4.98. The van der Waals surface area contributed by atoms with Crippen LogP contribution in [0.1, 0.15) is 51.5 Å². The number of benzene rings is 1. The van der Waals surface area contributed by atoms with Crippen LogP contribution in [-0.4, -0.2) is 28.3 Å². The van der Waals surface area contributed by atoms with Crippen molar-refractivity contribution in [2.24, 2.45) is 12.8 Å². The van der Waals surface area contributed by atoms with Crippen molar-refractivity contribution in [3.05, 3.63) is 63.0 Å². The third kappa shape index (κ3) is 5.65. The number of hydrogen-bond donors (Lipinski definition) is 2. The highest BCUT2D eigenvalue weighted by atomic mass is 32.1.